The first-order valence-electron chi connectivity index (χ1n) is 5.43. The van der Waals surface area contributed by atoms with Gasteiger partial charge >= 0.3 is 0 Å². The molecule has 0 aliphatic rings. The van der Waals surface area contributed by atoms with E-state index < -0.39 is 0 Å². The normalized spacial score (nSPS) is 12.2. The molecule has 0 aromatic heterocycles. The van der Waals surface area contributed by atoms with Crippen molar-refractivity contribution in [2.75, 3.05) is 5.32 Å². The predicted octanol–water partition coefficient (Wildman–Crippen LogP) is 4.60. The molecule has 0 spiro atoms. The first kappa shape index (κ1) is 12.4. The Bertz CT molecular complexity index is 496. The van der Waals surface area contributed by atoms with Crippen LogP contribution in [0.5, 0.6) is 0 Å². The van der Waals surface area contributed by atoms with Crippen molar-refractivity contribution in [3.63, 3.8) is 0 Å². The third-order valence-corrected chi connectivity index (χ3v) is 3.34. The Morgan fingerprint density at radius 1 is 1.06 bits per heavy atom. The molecule has 0 heterocycles. The lowest BCUT2D eigenvalue weighted by Gasteiger charge is -2.16. The Morgan fingerprint density at radius 2 is 1.71 bits per heavy atom. The molecule has 88 valence electrons. The van der Waals surface area contributed by atoms with Crippen LogP contribution >= 0.6 is 22.6 Å². The van der Waals surface area contributed by atoms with Crippen molar-refractivity contribution < 1.29 is 4.39 Å². The van der Waals surface area contributed by atoms with Crippen molar-refractivity contribution >= 4 is 28.3 Å². The molecule has 0 bridgehead atoms. The number of hydrogen-bond acceptors (Lipinski definition) is 1. The van der Waals surface area contributed by atoms with Crippen LogP contribution in [0.4, 0.5) is 10.1 Å². The van der Waals surface area contributed by atoms with Crippen molar-refractivity contribution in [2.24, 2.45) is 0 Å². The summed E-state index contributed by atoms with van der Waals surface area (Å²) in [7, 11) is 0. The van der Waals surface area contributed by atoms with E-state index in [0.717, 1.165) is 5.56 Å². The molecule has 0 saturated heterocycles. The van der Waals surface area contributed by atoms with Gasteiger partial charge in [-0.2, -0.15) is 0 Å². The predicted molar refractivity (Wildman–Crippen MR) is 77.6 cm³/mol. The zero-order valence-corrected chi connectivity index (χ0v) is 11.6. The highest BCUT2D eigenvalue weighted by molar-refractivity contribution is 14.1. The molecule has 0 radical (unpaired) electrons. The van der Waals surface area contributed by atoms with E-state index in [1.54, 1.807) is 12.1 Å². The summed E-state index contributed by atoms with van der Waals surface area (Å²) in [6.07, 6.45) is 0. The van der Waals surface area contributed by atoms with E-state index >= 15 is 0 Å². The first-order valence-corrected chi connectivity index (χ1v) is 6.51. The third-order valence-electron chi connectivity index (χ3n) is 2.62. The van der Waals surface area contributed by atoms with Crippen molar-refractivity contribution in [3.05, 3.63) is 63.5 Å². The summed E-state index contributed by atoms with van der Waals surface area (Å²) in [5.74, 6) is -0.218. The second-order valence-electron chi connectivity index (χ2n) is 3.90. The molecule has 17 heavy (non-hydrogen) atoms. The minimum Gasteiger partial charge on any atom is -0.376 e. The summed E-state index contributed by atoms with van der Waals surface area (Å²) in [5, 5.41) is 3.17. The Kier molecular flexibility index (Phi) is 3.99. The van der Waals surface area contributed by atoms with Crippen molar-refractivity contribution in [2.45, 2.75) is 13.0 Å². The molecule has 1 atom stereocenters. The minimum absolute atomic E-state index is 0.0869. The molecule has 3 heteroatoms. The summed E-state index contributed by atoms with van der Waals surface area (Å²) in [6.45, 7) is 2.02. The molecular weight excluding hydrogens is 328 g/mol. The summed E-state index contributed by atoms with van der Waals surface area (Å²) in [5.41, 5.74) is 1.69. The number of hydrogen-bond donors (Lipinski definition) is 1. The van der Waals surface area contributed by atoms with Crippen LogP contribution in [0.15, 0.2) is 48.5 Å². The average molecular weight is 341 g/mol. The molecule has 2 rings (SSSR count). The van der Waals surface area contributed by atoms with E-state index in [4.69, 9.17) is 0 Å². The topological polar surface area (TPSA) is 12.0 Å². The molecule has 2 aromatic rings. The van der Waals surface area contributed by atoms with Gasteiger partial charge in [-0.05, 0) is 59.3 Å². The minimum atomic E-state index is -0.218. The molecular formula is C14H13FIN. The summed E-state index contributed by atoms with van der Waals surface area (Å²) >= 11 is 2.27. The number of anilines is 1. The van der Waals surface area contributed by atoms with Crippen LogP contribution in [0.1, 0.15) is 18.5 Å². The van der Waals surface area contributed by atoms with E-state index in [2.05, 4.69) is 52.2 Å². The van der Waals surface area contributed by atoms with Crippen molar-refractivity contribution in [1.29, 1.82) is 0 Å². The largest absolute Gasteiger partial charge is 0.376 e. The Hall–Kier alpha value is -1.10. The van der Waals surface area contributed by atoms with Gasteiger partial charge in [0.05, 0.1) is 5.69 Å². The molecule has 1 N–H and O–H groups in total. The molecule has 1 unspecified atom stereocenters. The van der Waals surface area contributed by atoms with Gasteiger partial charge in [0.1, 0.15) is 5.82 Å². The molecule has 0 fully saturated rings. The number of nitrogens with one attached hydrogen (secondary N) is 1. The summed E-state index contributed by atoms with van der Waals surface area (Å²) in [6, 6.07) is 15.0. The third kappa shape index (κ3) is 3.19. The van der Waals surface area contributed by atoms with Gasteiger partial charge in [0.2, 0.25) is 0 Å². The number of rotatable bonds is 3. The molecule has 0 saturated carbocycles. The number of para-hydroxylation sites is 1. The van der Waals surface area contributed by atoms with Gasteiger partial charge in [-0.25, -0.2) is 4.39 Å². The standard InChI is InChI=1S/C14H13FIN/c1-10(11-6-8-12(16)9-7-11)17-14-5-3-2-4-13(14)15/h2-10,17H,1H3. The first-order chi connectivity index (χ1) is 8.16. The average Bonchev–Trinajstić information content (AvgIpc) is 2.33. The van der Waals surface area contributed by atoms with Crippen LogP contribution in [0.2, 0.25) is 0 Å². The highest BCUT2D eigenvalue weighted by atomic mass is 127. The fourth-order valence-electron chi connectivity index (χ4n) is 1.65. The Labute approximate surface area is 114 Å². The second kappa shape index (κ2) is 5.49. The van der Waals surface area contributed by atoms with Gasteiger partial charge in [-0.15, -0.1) is 0 Å². The molecule has 1 nitrogen and oxygen atoms in total. The second-order valence-corrected chi connectivity index (χ2v) is 5.14. The quantitative estimate of drug-likeness (QED) is 0.805. The van der Waals surface area contributed by atoms with Crippen LogP contribution in [0.3, 0.4) is 0 Å². The Morgan fingerprint density at radius 3 is 2.35 bits per heavy atom. The molecule has 2 aromatic carbocycles. The molecule has 0 aliphatic carbocycles. The van der Waals surface area contributed by atoms with Crippen molar-refractivity contribution in [3.8, 4) is 0 Å². The maximum Gasteiger partial charge on any atom is 0.146 e. The van der Waals surface area contributed by atoms with E-state index in [0.29, 0.717) is 5.69 Å². The zero-order valence-electron chi connectivity index (χ0n) is 9.45. The van der Waals surface area contributed by atoms with Gasteiger partial charge < -0.3 is 5.32 Å². The summed E-state index contributed by atoms with van der Waals surface area (Å²) < 4.78 is 14.7. The summed E-state index contributed by atoms with van der Waals surface area (Å²) in [4.78, 5) is 0. The Balaban J connectivity index is 2.14. The monoisotopic (exact) mass is 341 g/mol. The van der Waals surface area contributed by atoms with Gasteiger partial charge in [0.25, 0.3) is 0 Å². The van der Waals surface area contributed by atoms with E-state index in [1.165, 1.54) is 9.64 Å². The van der Waals surface area contributed by atoms with E-state index in [1.807, 2.05) is 13.0 Å². The lowest BCUT2D eigenvalue weighted by molar-refractivity contribution is 0.627. The van der Waals surface area contributed by atoms with Crippen molar-refractivity contribution in [1.82, 2.24) is 0 Å². The fraction of sp³-hybridized carbons (Fsp3) is 0.143. The number of halogens is 2. The highest BCUT2D eigenvalue weighted by Gasteiger charge is 2.07. The fourth-order valence-corrected chi connectivity index (χ4v) is 2.01. The maximum absolute atomic E-state index is 13.5. The number of benzene rings is 2. The van der Waals surface area contributed by atoms with Gasteiger partial charge in [-0.1, -0.05) is 24.3 Å². The van der Waals surface area contributed by atoms with Crippen LogP contribution in [-0.2, 0) is 0 Å². The van der Waals surface area contributed by atoms with Crippen LogP contribution < -0.4 is 5.32 Å². The molecule has 0 aliphatic heterocycles. The van der Waals surface area contributed by atoms with E-state index in [9.17, 15) is 4.39 Å². The maximum atomic E-state index is 13.5. The van der Waals surface area contributed by atoms with Crippen LogP contribution in [-0.4, -0.2) is 0 Å². The highest BCUT2D eigenvalue weighted by Crippen LogP contribution is 2.21. The van der Waals surface area contributed by atoms with Gasteiger partial charge in [0.15, 0.2) is 0 Å². The van der Waals surface area contributed by atoms with E-state index in [-0.39, 0.29) is 11.9 Å². The van der Waals surface area contributed by atoms with Gasteiger partial charge in [0, 0.05) is 9.61 Å². The smallest absolute Gasteiger partial charge is 0.146 e. The lowest BCUT2D eigenvalue weighted by atomic mass is 10.1. The van der Waals surface area contributed by atoms with Crippen LogP contribution in [0.25, 0.3) is 0 Å². The zero-order chi connectivity index (χ0) is 12.3. The van der Waals surface area contributed by atoms with Crippen LogP contribution in [0, 0.1) is 9.39 Å². The van der Waals surface area contributed by atoms with Gasteiger partial charge in [-0.3, -0.25) is 0 Å². The lowest BCUT2D eigenvalue weighted by Crippen LogP contribution is -2.07. The molecule has 0 amide bonds. The SMILES string of the molecule is CC(Nc1ccccc1F)c1ccc(I)cc1.